The smallest absolute Gasteiger partial charge is 0.356 e. The zero-order chi connectivity index (χ0) is 19.8. The van der Waals surface area contributed by atoms with Crippen LogP contribution in [0.1, 0.15) is 32.6 Å². The van der Waals surface area contributed by atoms with Gasteiger partial charge >= 0.3 is 15.5 Å². The number of alkyl halides is 3. The third-order valence-corrected chi connectivity index (χ3v) is 5.50. The molecule has 1 heterocycles. The molecule has 160 valence electrons. The van der Waals surface area contributed by atoms with Crippen molar-refractivity contribution in [2.24, 2.45) is 4.99 Å². The van der Waals surface area contributed by atoms with Crippen molar-refractivity contribution in [3.8, 4) is 0 Å². The summed E-state index contributed by atoms with van der Waals surface area (Å²) >= 11 is 0. The van der Waals surface area contributed by atoms with E-state index in [-0.39, 0.29) is 68.3 Å². The fraction of sp³-hybridized carbons (Fsp3) is 0.857. The van der Waals surface area contributed by atoms with Gasteiger partial charge in [-0.1, -0.05) is 6.92 Å². The first-order chi connectivity index (χ1) is 12.1. The number of halogens is 4. The second kappa shape index (κ2) is 11.9. The molecule has 0 bridgehead atoms. The van der Waals surface area contributed by atoms with Crippen LogP contribution < -0.4 is 16.0 Å². The number of piperidine rings is 1. The Bertz CT molecular complexity index is 593. The number of nitrogens with zero attached hydrogens (tertiary/aromatic N) is 2. The van der Waals surface area contributed by atoms with E-state index in [0.29, 0.717) is 23.4 Å². The van der Waals surface area contributed by atoms with Crippen molar-refractivity contribution in [1.29, 1.82) is 0 Å². The monoisotopic (exact) mass is 529 g/mol. The van der Waals surface area contributed by atoms with Crippen molar-refractivity contribution >= 4 is 45.9 Å². The summed E-state index contributed by atoms with van der Waals surface area (Å²) in [6, 6.07) is -0.199. The standard InChI is InChI=1S/C14H26F3N5O3S.HI/c1-3-7-19-12(23)4-8-20-13(18-2)21-11-5-9-22(10-6-11)26(24,25)14(15,16)17;/h11H,3-10H2,1-2H3,(H,19,23)(H2,18,20,21);1H. The van der Waals surface area contributed by atoms with Crippen molar-refractivity contribution in [1.82, 2.24) is 20.3 Å². The van der Waals surface area contributed by atoms with Gasteiger partial charge in [-0.25, -0.2) is 8.42 Å². The van der Waals surface area contributed by atoms with E-state index in [4.69, 9.17) is 0 Å². The molecule has 0 radical (unpaired) electrons. The highest BCUT2D eigenvalue weighted by molar-refractivity contribution is 14.0. The van der Waals surface area contributed by atoms with E-state index >= 15 is 0 Å². The molecule has 1 amide bonds. The van der Waals surface area contributed by atoms with Gasteiger partial charge in [-0.05, 0) is 19.3 Å². The molecular weight excluding hydrogens is 502 g/mol. The molecule has 8 nitrogen and oxygen atoms in total. The van der Waals surface area contributed by atoms with Gasteiger partial charge in [0.05, 0.1) is 0 Å². The van der Waals surface area contributed by atoms with Crippen LogP contribution in [-0.2, 0) is 14.8 Å². The first-order valence-corrected chi connectivity index (χ1v) is 9.86. The van der Waals surface area contributed by atoms with Crippen molar-refractivity contribution in [2.45, 2.75) is 44.2 Å². The average molecular weight is 529 g/mol. The van der Waals surface area contributed by atoms with Crippen LogP contribution in [0.4, 0.5) is 13.2 Å². The molecule has 1 saturated heterocycles. The van der Waals surface area contributed by atoms with Crippen molar-refractivity contribution in [2.75, 3.05) is 33.2 Å². The van der Waals surface area contributed by atoms with Gasteiger partial charge in [0.1, 0.15) is 0 Å². The van der Waals surface area contributed by atoms with Crippen molar-refractivity contribution < 1.29 is 26.4 Å². The number of sulfonamides is 1. The number of nitrogens with one attached hydrogen (secondary N) is 3. The molecule has 27 heavy (non-hydrogen) atoms. The van der Waals surface area contributed by atoms with Gasteiger partial charge in [0.2, 0.25) is 5.91 Å². The van der Waals surface area contributed by atoms with Crippen LogP contribution >= 0.6 is 24.0 Å². The van der Waals surface area contributed by atoms with Gasteiger partial charge in [0.25, 0.3) is 0 Å². The summed E-state index contributed by atoms with van der Waals surface area (Å²) in [7, 11) is -3.74. The molecule has 13 heteroatoms. The molecule has 1 aliphatic heterocycles. The molecule has 0 saturated carbocycles. The minimum Gasteiger partial charge on any atom is -0.356 e. The molecule has 3 N–H and O–H groups in total. The zero-order valence-corrected chi connectivity index (χ0v) is 18.5. The summed E-state index contributed by atoms with van der Waals surface area (Å²) in [5, 5.41) is 8.74. The molecule has 0 unspecified atom stereocenters. The Morgan fingerprint density at radius 1 is 1.19 bits per heavy atom. The molecule has 0 aliphatic carbocycles. The van der Waals surface area contributed by atoms with E-state index in [0.717, 1.165) is 6.42 Å². The number of hydrogen-bond acceptors (Lipinski definition) is 4. The first-order valence-electron chi connectivity index (χ1n) is 8.42. The second-order valence-electron chi connectivity index (χ2n) is 5.87. The van der Waals surface area contributed by atoms with E-state index < -0.39 is 15.5 Å². The lowest BCUT2D eigenvalue weighted by Crippen LogP contribution is -2.51. The lowest BCUT2D eigenvalue weighted by molar-refractivity contribution is -0.120. The highest BCUT2D eigenvalue weighted by atomic mass is 127. The lowest BCUT2D eigenvalue weighted by atomic mass is 10.1. The normalized spacial score (nSPS) is 17.1. The molecule has 0 aromatic heterocycles. The Balaban J connectivity index is 0.00000676. The van der Waals surface area contributed by atoms with E-state index in [2.05, 4.69) is 20.9 Å². The first kappa shape index (κ1) is 26.2. The number of rotatable bonds is 7. The van der Waals surface area contributed by atoms with Crippen molar-refractivity contribution in [3.63, 3.8) is 0 Å². The molecular formula is C14H27F3IN5O3S. The third kappa shape index (κ3) is 8.37. The van der Waals surface area contributed by atoms with Crippen LogP contribution in [0.25, 0.3) is 0 Å². The molecule has 1 aliphatic rings. The molecule has 0 atom stereocenters. The predicted molar refractivity (Wildman–Crippen MR) is 107 cm³/mol. The minimum absolute atomic E-state index is 0. The molecule has 1 rings (SSSR count). The number of aliphatic imine (C=N–C) groups is 1. The average Bonchev–Trinajstić information content (AvgIpc) is 2.58. The number of guanidine groups is 1. The molecule has 0 spiro atoms. The fourth-order valence-corrected chi connectivity index (χ4v) is 3.41. The van der Waals surface area contributed by atoms with Gasteiger partial charge in [-0.15, -0.1) is 24.0 Å². The maximum Gasteiger partial charge on any atom is 0.511 e. The van der Waals surface area contributed by atoms with Crippen LogP contribution in [-0.4, -0.2) is 69.4 Å². The van der Waals surface area contributed by atoms with Gasteiger partial charge < -0.3 is 16.0 Å². The Morgan fingerprint density at radius 3 is 2.26 bits per heavy atom. The van der Waals surface area contributed by atoms with E-state index in [1.807, 2.05) is 6.92 Å². The van der Waals surface area contributed by atoms with Crippen molar-refractivity contribution in [3.05, 3.63) is 0 Å². The predicted octanol–water partition coefficient (Wildman–Crippen LogP) is 1.000. The zero-order valence-electron chi connectivity index (χ0n) is 15.3. The van der Waals surface area contributed by atoms with Gasteiger partial charge in [-0.2, -0.15) is 17.5 Å². The van der Waals surface area contributed by atoms with E-state index in [9.17, 15) is 26.4 Å². The van der Waals surface area contributed by atoms with Crippen LogP contribution in [0, 0.1) is 0 Å². The third-order valence-electron chi connectivity index (χ3n) is 3.87. The number of carbonyl (C=O) groups is 1. The second-order valence-corrected chi connectivity index (χ2v) is 7.80. The molecule has 0 aromatic carbocycles. The highest BCUT2D eigenvalue weighted by Crippen LogP contribution is 2.28. The van der Waals surface area contributed by atoms with Crippen LogP contribution in [0.5, 0.6) is 0 Å². The summed E-state index contributed by atoms with van der Waals surface area (Å²) in [5.41, 5.74) is -5.27. The minimum atomic E-state index is -5.27. The number of amides is 1. The SMILES string of the molecule is CCCNC(=O)CCNC(=NC)NC1CCN(S(=O)(=O)C(F)(F)F)CC1.I. The largest absolute Gasteiger partial charge is 0.511 e. The van der Waals surface area contributed by atoms with Crippen LogP contribution in [0.3, 0.4) is 0 Å². The highest BCUT2D eigenvalue weighted by Gasteiger charge is 2.50. The Morgan fingerprint density at radius 2 is 1.78 bits per heavy atom. The topological polar surface area (TPSA) is 103 Å². The summed E-state index contributed by atoms with van der Waals surface area (Å²) in [4.78, 5) is 15.5. The summed E-state index contributed by atoms with van der Waals surface area (Å²) in [6.07, 6.45) is 1.58. The molecule has 1 fully saturated rings. The fourth-order valence-electron chi connectivity index (χ4n) is 2.42. The quantitative estimate of drug-likeness (QED) is 0.260. The van der Waals surface area contributed by atoms with Gasteiger partial charge in [0, 0.05) is 45.7 Å². The van der Waals surface area contributed by atoms with Crippen LogP contribution in [0.15, 0.2) is 4.99 Å². The summed E-state index contributed by atoms with van der Waals surface area (Å²) in [6.45, 7) is 2.50. The maximum absolute atomic E-state index is 12.6. The Kier molecular flexibility index (Phi) is 11.5. The lowest BCUT2D eigenvalue weighted by Gasteiger charge is -2.32. The van der Waals surface area contributed by atoms with E-state index in [1.165, 1.54) is 7.05 Å². The maximum atomic E-state index is 12.6. The summed E-state index contributed by atoms with van der Waals surface area (Å²) in [5.74, 6) is 0.339. The van der Waals surface area contributed by atoms with Crippen LogP contribution in [0.2, 0.25) is 0 Å². The Labute approximate surface area is 174 Å². The Hall–Kier alpha value is -0.830. The van der Waals surface area contributed by atoms with Gasteiger partial charge in [0.15, 0.2) is 5.96 Å². The number of hydrogen-bond donors (Lipinski definition) is 3. The van der Waals surface area contributed by atoms with Gasteiger partial charge in [-0.3, -0.25) is 9.79 Å². The molecule has 0 aromatic rings. The number of carbonyl (C=O) groups excluding carboxylic acids is 1. The summed E-state index contributed by atoms with van der Waals surface area (Å²) < 4.78 is 60.9. The van der Waals surface area contributed by atoms with E-state index in [1.54, 1.807) is 0 Å².